The molecule has 0 fully saturated rings. The molecule has 0 saturated carbocycles. The number of rotatable bonds is 7. The number of methoxy groups -OCH3 is 2. The molecule has 0 unspecified atom stereocenters. The van der Waals surface area contributed by atoms with Crippen molar-refractivity contribution < 1.29 is 19.0 Å². The van der Waals surface area contributed by atoms with Gasteiger partial charge < -0.3 is 19.0 Å². The fourth-order valence-corrected chi connectivity index (χ4v) is 4.36. The van der Waals surface area contributed by atoms with E-state index in [0.29, 0.717) is 30.0 Å². The summed E-state index contributed by atoms with van der Waals surface area (Å²) in [6.45, 7) is 4.17. The van der Waals surface area contributed by atoms with Gasteiger partial charge in [-0.15, -0.1) is 0 Å². The Labute approximate surface area is 182 Å². The number of ether oxygens (including phenoxy) is 2. The number of hydrogen-bond donors (Lipinski definition) is 1. The number of nitrogens with zero attached hydrogens (tertiary/aromatic N) is 1. The third-order valence-corrected chi connectivity index (χ3v) is 6.05. The number of fused-ring (bicyclic) bond motifs is 2. The summed E-state index contributed by atoms with van der Waals surface area (Å²) in [5.41, 5.74) is 4.19. The van der Waals surface area contributed by atoms with Gasteiger partial charge in [0.2, 0.25) is 0 Å². The zero-order chi connectivity index (χ0) is 22.0. The monoisotopic (exact) mass is 423 g/mol. The molecule has 3 aromatic rings. The van der Waals surface area contributed by atoms with Crippen molar-refractivity contribution in [2.75, 3.05) is 20.8 Å². The molecule has 2 heterocycles. The van der Waals surface area contributed by atoms with E-state index in [2.05, 4.69) is 11.8 Å². The van der Waals surface area contributed by atoms with Crippen LogP contribution in [0.5, 0.6) is 17.2 Å². The molecule has 0 radical (unpaired) electrons. The average molecular weight is 424 g/mol. The van der Waals surface area contributed by atoms with Gasteiger partial charge in [-0.2, -0.15) is 0 Å². The molecule has 1 aliphatic rings. The molecule has 6 heteroatoms. The van der Waals surface area contributed by atoms with Crippen molar-refractivity contribution in [3.63, 3.8) is 0 Å². The summed E-state index contributed by atoms with van der Waals surface area (Å²) >= 11 is 0. The van der Waals surface area contributed by atoms with E-state index < -0.39 is 0 Å². The lowest BCUT2D eigenvalue weighted by atomic mass is 9.97. The van der Waals surface area contributed by atoms with Gasteiger partial charge in [-0.05, 0) is 60.2 Å². The van der Waals surface area contributed by atoms with Gasteiger partial charge in [0.15, 0.2) is 11.5 Å². The van der Waals surface area contributed by atoms with Gasteiger partial charge in [0, 0.05) is 31.1 Å². The number of hydrogen-bond acceptors (Lipinski definition) is 6. The molecule has 4 rings (SSSR count). The predicted molar refractivity (Wildman–Crippen MR) is 120 cm³/mol. The maximum Gasteiger partial charge on any atom is 0.336 e. The SMILES string of the molecule is CCCCc1cc(=O)oc2c(CN3CCc4cc(OC)c(OC)cc4C3)c(O)ccc12. The van der Waals surface area contributed by atoms with Crippen molar-refractivity contribution in [2.24, 2.45) is 0 Å². The first kappa shape index (κ1) is 21.2. The van der Waals surface area contributed by atoms with Gasteiger partial charge in [-0.1, -0.05) is 13.3 Å². The number of aryl methyl sites for hydroxylation is 1. The smallest absolute Gasteiger partial charge is 0.336 e. The van der Waals surface area contributed by atoms with Crippen LogP contribution < -0.4 is 15.1 Å². The van der Waals surface area contributed by atoms with Crippen LogP contribution >= 0.6 is 0 Å². The van der Waals surface area contributed by atoms with Crippen molar-refractivity contribution in [2.45, 2.75) is 45.7 Å². The highest BCUT2D eigenvalue weighted by Crippen LogP contribution is 2.35. The molecular formula is C25H29NO5. The summed E-state index contributed by atoms with van der Waals surface area (Å²) in [6, 6.07) is 9.20. The summed E-state index contributed by atoms with van der Waals surface area (Å²) < 4.78 is 16.5. The molecule has 0 atom stereocenters. The van der Waals surface area contributed by atoms with Crippen molar-refractivity contribution in [3.05, 3.63) is 63.0 Å². The van der Waals surface area contributed by atoms with Crippen LogP contribution in [0.25, 0.3) is 11.0 Å². The van der Waals surface area contributed by atoms with Gasteiger partial charge in [-0.25, -0.2) is 4.79 Å². The Bertz CT molecular complexity index is 1150. The molecule has 6 nitrogen and oxygen atoms in total. The Morgan fingerprint density at radius 2 is 1.84 bits per heavy atom. The molecule has 2 aromatic carbocycles. The summed E-state index contributed by atoms with van der Waals surface area (Å²) in [4.78, 5) is 14.5. The minimum absolute atomic E-state index is 0.154. The highest BCUT2D eigenvalue weighted by molar-refractivity contribution is 5.85. The summed E-state index contributed by atoms with van der Waals surface area (Å²) in [6.07, 6.45) is 3.74. The molecule has 1 aromatic heterocycles. The molecule has 0 aliphatic carbocycles. The Kier molecular flexibility index (Phi) is 6.18. The Morgan fingerprint density at radius 1 is 1.10 bits per heavy atom. The van der Waals surface area contributed by atoms with Gasteiger partial charge >= 0.3 is 5.63 Å². The molecule has 1 aliphatic heterocycles. The number of aromatic hydroxyl groups is 1. The largest absolute Gasteiger partial charge is 0.507 e. The van der Waals surface area contributed by atoms with E-state index in [4.69, 9.17) is 13.9 Å². The number of benzene rings is 2. The lowest BCUT2D eigenvalue weighted by Gasteiger charge is -2.30. The highest BCUT2D eigenvalue weighted by atomic mass is 16.5. The fraction of sp³-hybridized carbons (Fsp3) is 0.400. The number of unbranched alkanes of at least 4 members (excludes halogenated alkanes) is 1. The molecule has 0 saturated heterocycles. The van der Waals surface area contributed by atoms with Crippen LogP contribution in [0.3, 0.4) is 0 Å². The third kappa shape index (κ3) is 4.26. The summed E-state index contributed by atoms with van der Waals surface area (Å²) in [5, 5.41) is 11.5. The highest BCUT2D eigenvalue weighted by Gasteiger charge is 2.22. The van der Waals surface area contributed by atoms with Crippen LogP contribution in [-0.2, 0) is 25.9 Å². The Morgan fingerprint density at radius 3 is 2.55 bits per heavy atom. The second-order valence-electron chi connectivity index (χ2n) is 8.07. The molecule has 31 heavy (non-hydrogen) atoms. The van der Waals surface area contributed by atoms with Crippen LogP contribution in [0, 0.1) is 0 Å². The van der Waals surface area contributed by atoms with Crippen LogP contribution in [0.1, 0.15) is 42.0 Å². The second-order valence-corrected chi connectivity index (χ2v) is 8.07. The van der Waals surface area contributed by atoms with E-state index in [9.17, 15) is 9.90 Å². The van der Waals surface area contributed by atoms with E-state index in [1.54, 1.807) is 26.4 Å². The lowest BCUT2D eigenvalue weighted by Crippen LogP contribution is -2.30. The molecule has 1 N–H and O–H groups in total. The average Bonchev–Trinajstić information content (AvgIpc) is 2.78. The lowest BCUT2D eigenvalue weighted by molar-refractivity contribution is 0.241. The van der Waals surface area contributed by atoms with Crippen LogP contribution in [0.4, 0.5) is 0 Å². The van der Waals surface area contributed by atoms with Gasteiger partial charge in [0.1, 0.15) is 11.3 Å². The third-order valence-electron chi connectivity index (χ3n) is 6.05. The minimum Gasteiger partial charge on any atom is -0.507 e. The summed E-state index contributed by atoms with van der Waals surface area (Å²) in [5.74, 6) is 1.60. The first-order chi connectivity index (χ1) is 15.0. The minimum atomic E-state index is -0.369. The van der Waals surface area contributed by atoms with E-state index in [-0.39, 0.29) is 11.4 Å². The number of phenols is 1. The maximum atomic E-state index is 12.2. The normalized spacial score (nSPS) is 13.9. The first-order valence-corrected chi connectivity index (χ1v) is 10.8. The van der Waals surface area contributed by atoms with E-state index >= 15 is 0 Å². The Balaban J connectivity index is 1.67. The van der Waals surface area contributed by atoms with Crippen LogP contribution in [-0.4, -0.2) is 30.8 Å². The van der Waals surface area contributed by atoms with E-state index in [1.807, 2.05) is 18.2 Å². The van der Waals surface area contributed by atoms with Crippen LogP contribution in [0.15, 0.2) is 39.5 Å². The molecule has 164 valence electrons. The standard InChI is InChI=1S/C25H29NO5/c1-4-5-6-17-13-24(28)31-25-19(17)7-8-21(27)20(25)15-26-10-9-16-11-22(29-2)23(30-3)12-18(16)14-26/h7-8,11-13,27H,4-6,9-10,14-15H2,1-3H3. The molecule has 0 amide bonds. The maximum absolute atomic E-state index is 12.2. The second kappa shape index (κ2) is 9.02. The van der Waals surface area contributed by atoms with E-state index in [1.165, 1.54) is 11.1 Å². The molecular weight excluding hydrogens is 394 g/mol. The quantitative estimate of drug-likeness (QED) is 0.568. The van der Waals surface area contributed by atoms with Gasteiger partial charge in [0.05, 0.1) is 19.8 Å². The zero-order valence-corrected chi connectivity index (χ0v) is 18.4. The fourth-order valence-electron chi connectivity index (χ4n) is 4.36. The van der Waals surface area contributed by atoms with Crippen molar-refractivity contribution in [1.82, 2.24) is 4.90 Å². The van der Waals surface area contributed by atoms with Gasteiger partial charge in [-0.3, -0.25) is 4.90 Å². The first-order valence-electron chi connectivity index (χ1n) is 10.8. The zero-order valence-electron chi connectivity index (χ0n) is 18.4. The predicted octanol–water partition coefficient (Wildman–Crippen LogP) is 4.42. The Hall–Kier alpha value is -2.99. The van der Waals surface area contributed by atoms with Crippen molar-refractivity contribution in [3.8, 4) is 17.2 Å². The van der Waals surface area contributed by atoms with Crippen molar-refractivity contribution >= 4 is 11.0 Å². The summed E-state index contributed by atoms with van der Waals surface area (Å²) in [7, 11) is 3.28. The van der Waals surface area contributed by atoms with Crippen LogP contribution in [0.2, 0.25) is 0 Å². The van der Waals surface area contributed by atoms with Crippen molar-refractivity contribution in [1.29, 1.82) is 0 Å². The number of phenolic OH excluding ortho intramolecular Hbond substituents is 1. The van der Waals surface area contributed by atoms with E-state index in [0.717, 1.165) is 48.9 Å². The van der Waals surface area contributed by atoms with Gasteiger partial charge in [0.25, 0.3) is 0 Å². The molecule has 0 spiro atoms. The topological polar surface area (TPSA) is 72.1 Å². The molecule has 0 bridgehead atoms.